The van der Waals surface area contributed by atoms with Crippen molar-refractivity contribution in [2.45, 2.75) is 122 Å². The second kappa shape index (κ2) is 18.2. The Morgan fingerprint density at radius 3 is 1.61 bits per heavy atom. The zero-order valence-corrected chi connectivity index (χ0v) is 24.3. The number of carboxylic acids is 2. The van der Waals surface area contributed by atoms with Crippen LogP contribution in [0.3, 0.4) is 0 Å². The molecule has 0 amide bonds. The van der Waals surface area contributed by atoms with Gasteiger partial charge in [0.25, 0.3) is 10.1 Å². The maximum absolute atomic E-state index is 12.6. The molecule has 0 bridgehead atoms. The molecule has 33 heavy (non-hydrogen) atoms. The Morgan fingerprint density at radius 2 is 1.24 bits per heavy atom. The maximum Gasteiger partial charge on any atom is 1.00 e. The number of rotatable bonds is 20. The van der Waals surface area contributed by atoms with Crippen LogP contribution in [0.5, 0.6) is 0 Å². The molecule has 0 heterocycles. The Kier molecular flexibility index (Phi) is 19.3. The predicted molar refractivity (Wildman–Crippen MR) is 128 cm³/mol. The third-order valence-corrected chi connectivity index (χ3v) is 8.22. The molecule has 3 N–H and O–H groups in total. The molecule has 192 valence electrons. The van der Waals surface area contributed by atoms with E-state index in [1.54, 1.807) is 0 Å². The van der Waals surface area contributed by atoms with Gasteiger partial charge < -0.3 is 11.6 Å². The Morgan fingerprint density at radius 1 is 0.788 bits per heavy atom. The van der Waals surface area contributed by atoms with Crippen LogP contribution in [-0.2, 0) is 19.7 Å². The number of carbonyl (C=O) groups is 2. The van der Waals surface area contributed by atoms with Crippen LogP contribution in [0.25, 0.3) is 0 Å². The third kappa shape index (κ3) is 11.4. The van der Waals surface area contributed by atoms with E-state index >= 15 is 0 Å². The van der Waals surface area contributed by atoms with E-state index < -0.39 is 32.7 Å². The minimum Gasteiger partial charge on any atom is -1.00 e. The van der Waals surface area contributed by atoms with Gasteiger partial charge in [-0.25, -0.2) is 0 Å². The Hall–Kier alpha value is -0.150. The topological polar surface area (TPSA) is 129 Å². The molecule has 7 nitrogen and oxygen atoms in total. The Labute approximate surface area is 225 Å². The van der Waals surface area contributed by atoms with Crippen molar-refractivity contribution in [2.24, 2.45) is 17.8 Å². The average Bonchev–Trinajstić information content (AvgIpc) is 2.69. The molecule has 0 aromatic rings. The number of hydrogen-bond acceptors (Lipinski definition) is 4. The van der Waals surface area contributed by atoms with Crippen LogP contribution < -0.4 is 29.6 Å². The summed E-state index contributed by atoms with van der Waals surface area (Å²) in [7, 11) is -5.18. The first-order valence-corrected chi connectivity index (χ1v) is 13.9. The van der Waals surface area contributed by atoms with Crippen LogP contribution in [0, 0.1) is 17.8 Å². The van der Waals surface area contributed by atoms with Crippen molar-refractivity contribution in [3.05, 3.63) is 0 Å². The Bertz CT molecular complexity index is 660. The van der Waals surface area contributed by atoms with Crippen molar-refractivity contribution in [1.82, 2.24) is 0 Å². The van der Waals surface area contributed by atoms with Gasteiger partial charge in [0, 0.05) is 0 Å². The van der Waals surface area contributed by atoms with Gasteiger partial charge >= 0.3 is 41.5 Å². The molecule has 0 aromatic heterocycles. The zero-order chi connectivity index (χ0) is 24.8. The largest absolute Gasteiger partial charge is 1.00 e. The van der Waals surface area contributed by atoms with Crippen LogP contribution in [0.1, 0.15) is 119 Å². The molecular weight excluding hydrogens is 455 g/mol. The normalized spacial score (nSPS) is 16.3. The van der Waals surface area contributed by atoms with E-state index in [0.29, 0.717) is 19.3 Å². The van der Waals surface area contributed by atoms with Crippen molar-refractivity contribution in [1.29, 1.82) is 0 Å². The molecule has 0 aromatic carbocycles. The minimum absolute atomic E-state index is 0. The molecule has 0 spiro atoms. The zero-order valence-electron chi connectivity index (χ0n) is 22.5. The predicted octanol–water partition coefficient (Wildman–Crippen LogP) is 3.29. The maximum atomic E-state index is 12.6. The van der Waals surface area contributed by atoms with Gasteiger partial charge in [-0.15, -0.1) is 0 Å². The van der Waals surface area contributed by atoms with Crippen LogP contribution in [0.2, 0.25) is 0 Å². The molecule has 0 saturated carbocycles. The molecule has 0 radical (unpaired) electrons. The van der Waals surface area contributed by atoms with Crippen molar-refractivity contribution >= 4 is 22.1 Å². The summed E-state index contributed by atoms with van der Waals surface area (Å²) in [6.07, 6.45) is 9.31. The fourth-order valence-electron chi connectivity index (χ4n) is 4.94. The van der Waals surface area contributed by atoms with E-state index in [1.165, 1.54) is 0 Å². The van der Waals surface area contributed by atoms with Crippen LogP contribution in [-0.4, -0.2) is 39.9 Å². The summed E-state index contributed by atoms with van der Waals surface area (Å²) >= 11 is 0. The van der Waals surface area contributed by atoms with Crippen molar-refractivity contribution in [3.63, 3.8) is 0 Å². The van der Waals surface area contributed by atoms with Gasteiger partial charge in [0.1, 0.15) is 0 Å². The van der Waals surface area contributed by atoms with E-state index in [-0.39, 0.29) is 55.7 Å². The van der Waals surface area contributed by atoms with E-state index in [2.05, 4.69) is 6.92 Å². The first-order valence-electron chi connectivity index (χ1n) is 12.4. The molecule has 0 fully saturated rings. The molecule has 4 atom stereocenters. The van der Waals surface area contributed by atoms with Crippen molar-refractivity contribution in [2.75, 3.05) is 0 Å². The summed E-state index contributed by atoms with van der Waals surface area (Å²) in [4.78, 5) is 24.8. The van der Waals surface area contributed by atoms with Crippen LogP contribution >= 0.6 is 0 Å². The number of aliphatic carboxylic acids is 2. The van der Waals surface area contributed by atoms with Gasteiger partial charge in [0.2, 0.25) is 4.75 Å². The summed E-state index contributed by atoms with van der Waals surface area (Å²) in [5.74, 6) is -5.30. The van der Waals surface area contributed by atoms with Crippen molar-refractivity contribution in [3.8, 4) is 0 Å². The molecule has 0 rings (SSSR count). The minimum atomic E-state index is -5.18. The smallest absolute Gasteiger partial charge is 1.00 e. The standard InChI is InChI=1S/C24H46O7S.Na.H/c1-5-9-11-15-19(13-7-3)17-21(22(25)26)24(23(27)28,32(29,30)31)18-20(14-8-4)16-12-10-6-2;;/h19-21H,5-18H2,1-4H3,(H,25,26)(H,27,28)(H,29,30,31);;/q;+1;-1. The second-order valence-electron chi connectivity index (χ2n) is 9.30. The SMILES string of the molecule is CCCCCC(CCC)CC(C(=O)O)C(CC(CCC)CCCCC)(C(=O)O)S(=O)(=O)O.[H-].[Na+]. The molecule has 4 unspecified atom stereocenters. The quantitative estimate of drug-likeness (QED) is 0.132. The van der Waals surface area contributed by atoms with Gasteiger partial charge in [0.15, 0.2) is 0 Å². The Balaban J connectivity index is -0.00000480. The van der Waals surface area contributed by atoms with Crippen LogP contribution in [0.15, 0.2) is 0 Å². The van der Waals surface area contributed by atoms with Gasteiger partial charge in [-0.3, -0.25) is 14.1 Å². The number of hydrogen-bond donors (Lipinski definition) is 3. The molecule has 0 aliphatic heterocycles. The fraction of sp³-hybridized carbons (Fsp3) is 0.917. The summed E-state index contributed by atoms with van der Waals surface area (Å²) in [5.41, 5.74) is 0. The summed E-state index contributed by atoms with van der Waals surface area (Å²) in [5, 5.41) is 20.1. The van der Waals surface area contributed by atoms with E-state index in [0.717, 1.165) is 57.8 Å². The molecule has 0 aliphatic carbocycles. The third-order valence-electron chi connectivity index (χ3n) is 6.67. The first kappa shape index (κ1) is 35.0. The monoisotopic (exact) mass is 502 g/mol. The van der Waals surface area contributed by atoms with Crippen LogP contribution in [0.4, 0.5) is 0 Å². The van der Waals surface area contributed by atoms with Gasteiger partial charge in [0.05, 0.1) is 5.92 Å². The first-order chi connectivity index (χ1) is 15.0. The molecule has 0 saturated heterocycles. The van der Waals surface area contributed by atoms with E-state index in [4.69, 9.17) is 0 Å². The number of carboxylic acid groups (broad SMARTS) is 2. The molecule has 0 aliphatic rings. The fourth-order valence-corrected chi connectivity index (χ4v) is 6.16. The molecule has 9 heteroatoms. The van der Waals surface area contributed by atoms with Gasteiger partial charge in [-0.1, -0.05) is 105 Å². The van der Waals surface area contributed by atoms with E-state index in [9.17, 15) is 32.8 Å². The summed E-state index contributed by atoms with van der Waals surface area (Å²) in [6.45, 7) is 8.01. The summed E-state index contributed by atoms with van der Waals surface area (Å²) in [6, 6.07) is 0. The summed E-state index contributed by atoms with van der Waals surface area (Å²) < 4.78 is 32.7. The van der Waals surface area contributed by atoms with Gasteiger partial charge in [-0.2, -0.15) is 8.42 Å². The van der Waals surface area contributed by atoms with E-state index in [1.807, 2.05) is 20.8 Å². The second-order valence-corrected chi connectivity index (χ2v) is 11.0. The molecular formula is C24H47NaO7S. The average molecular weight is 503 g/mol. The van der Waals surface area contributed by atoms with Crippen molar-refractivity contribution < 1.29 is 63.8 Å². The number of unbranched alkanes of at least 4 members (excludes halogenated alkanes) is 4. The van der Waals surface area contributed by atoms with Gasteiger partial charge in [-0.05, 0) is 24.7 Å².